The van der Waals surface area contributed by atoms with Gasteiger partial charge in [0.15, 0.2) is 5.13 Å². The molecule has 1 amide bonds. The van der Waals surface area contributed by atoms with Crippen molar-refractivity contribution in [2.24, 2.45) is 0 Å². The summed E-state index contributed by atoms with van der Waals surface area (Å²) in [5.74, 6) is -0.327. The van der Waals surface area contributed by atoms with Crippen molar-refractivity contribution in [1.82, 2.24) is 10.3 Å². The van der Waals surface area contributed by atoms with Crippen LogP contribution in [-0.2, 0) is 19.7 Å². The summed E-state index contributed by atoms with van der Waals surface area (Å²) in [6, 6.07) is 0.355. The number of esters is 1. The second-order valence-electron chi connectivity index (χ2n) is 5.58. The van der Waals surface area contributed by atoms with Crippen LogP contribution in [0.15, 0.2) is 5.38 Å². The lowest BCUT2D eigenvalue weighted by Gasteiger charge is -2.19. The first-order chi connectivity index (χ1) is 9.93. The quantitative estimate of drug-likeness (QED) is 0.749. The van der Waals surface area contributed by atoms with Gasteiger partial charge in [-0.05, 0) is 33.6 Å². The summed E-state index contributed by atoms with van der Waals surface area (Å²) in [5.41, 5.74) is -0.140. The minimum absolute atomic E-state index is 0.0288. The molecule has 0 unspecified atom stereocenters. The largest absolute Gasteiger partial charge is 0.465 e. The van der Waals surface area contributed by atoms with Crippen molar-refractivity contribution in [3.63, 3.8) is 0 Å². The molecule has 0 bridgehead atoms. The highest BCUT2D eigenvalue weighted by Crippen LogP contribution is 2.28. The molecule has 0 aromatic carbocycles. The molecule has 1 aromatic heterocycles. The molecule has 7 heteroatoms. The van der Waals surface area contributed by atoms with Gasteiger partial charge in [0.1, 0.15) is 5.41 Å². The third-order valence-corrected chi connectivity index (χ3v) is 4.07. The van der Waals surface area contributed by atoms with E-state index in [0.717, 1.165) is 12.8 Å². The molecule has 0 saturated heterocycles. The summed E-state index contributed by atoms with van der Waals surface area (Å²) in [7, 11) is 0. The number of aromatic nitrogens is 1. The van der Waals surface area contributed by atoms with Gasteiger partial charge in [0.25, 0.3) is 0 Å². The molecule has 0 spiro atoms. The molecule has 21 heavy (non-hydrogen) atoms. The highest BCUT2D eigenvalue weighted by atomic mass is 32.1. The summed E-state index contributed by atoms with van der Waals surface area (Å²) >= 11 is 1.38. The molecule has 0 atom stereocenters. The normalized spacial score (nSPS) is 14.6. The van der Waals surface area contributed by atoms with Crippen molar-refractivity contribution in [1.29, 1.82) is 0 Å². The fourth-order valence-corrected chi connectivity index (χ4v) is 2.60. The van der Waals surface area contributed by atoms with Crippen LogP contribution in [0.3, 0.4) is 0 Å². The number of nitrogens with one attached hydrogen (secondary N) is 2. The van der Waals surface area contributed by atoms with E-state index in [0.29, 0.717) is 23.5 Å². The van der Waals surface area contributed by atoms with E-state index in [1.165, 1.54) is 11.3 Å². The SMILES string of the molecule is CCOC(=O)C(C)(C)c1csc(NCC(=O)NC2CC2)n1. The Kier molecular flexibility index (Phi) is 4.82. The molecule has 1 heterocycles. The van der Waals surface area contributed by atoms with E-state index in [1.807, 2.05) is 5.38 Å². The summed E-state index contributed by atoms with van der Waals surface area (Å²) < 4.78 is 5.06. The summed E-state index contributed by atoms with van der Waals surface area (Å²) in [6.07, 6.45) is 2.14. The highest BCUT2D eigenvalue weighted by Gasteiger charge is 2.34. The van der Waals surface area contributed by atoms with Crippen molar-refractivity contribution in [3.8, 4) is 0 Å². The number of rotatable bonds is 7. The first-order valence-electron chi connectivity index (χ1n) is 7.10. The minimum Gasteiger partial charge on any atom is -0.465 e. The Balaban J connectivity index is 1.90. The Labute approximate surface area is 128 Å². The number of ether oxygens (including phenoxy) is 1. The fraction of sp³-hybridized carbons (Fsp3) is 0.643. The van der Waals surface area contributed by atoms with E-state index in [-0.39, 0.29) is 18.4 Å². The van der Waals surface area contributed by atoms with Crippen molar-refractivity contribution in [2.45, 2.75) is 45.1 Å². The number of thiazole rings is 1. The molecule has 1 aliphatic rings. The van der Waals surface area contributed by atoms with Crippen LogP contribution in [0.2, 0.25) is 0 Å². The predicted octanol–water partition coefficient (Wildman–Crippen LogP) is 1.67. The van der Waals surface area contributed by atoms with Crippen LogP contribution in [0.1, 0.15) is 39.3 Å². The smallest absolute Gasteiger partial charge is 0.317 e. The number of hydrogen-bond acceptors (Lipinski definition) is 6. The molecule has 1 aromatic rings. The molecule has 0 aliphatic heterocycles. The maximum absolute atomic E-state index is 11.9. The lowest BCUT2D eigenvalue weighted by molar-refractivity contribution is -0.148. The molecule has 116 valence electrons. The molecule has 2 rings (SSSR count). The highest BCUT2D eigenvalue weighted by molar-refractivity contribution is 7.13. The van der Waals surface area contributed by atoms with E-state index < -0.39 is 5.41 Å². The summed E-state index contributed by atoms with van der Waals surface area (Å²) in [4.78, 5) is 27.9. The second-order valence-corrected chi connectivity index (χ2v) is 6.44. The van der Waals surface area contributed by atoms with Gasteiger partial charge in [-0.2, -0.15) is 0 Å². The number of nitrogens with zero attached hydrogens (tertiary/aromatic N) is 1. The Hall–Kier alpha value is -1.63. The molecule has 1 fully saturated rings. The van der Waals surface area contributed by atoms with Gasteiger partial charge in [-0.25, -0.2) is 4.98 Å². The number of hydrogen-bond donors (Lipinski definition) is 2. The van der Waals surface area contributed by atoms with Gasteiger partial charge >= 0.3 is 5.97 Å². The van der Waals surface area contributed by atoms with Gasteiger partial charge in [-0.1, -0.05) is 0 Å². The summed E-state index contributed by atoms with van der Waals surface area (Å²) in [6.45, 7) is 5.88. The topological polar surface area (TPSA) is 80.3 Å². The first-order valence-corrected chi connectivity index (χ1v) is 7.98. The van der Waals surface area contributed by atoms with Crippen LogP contribution >= 0.6 is 11.3 Å². The predicted molar refractivity (Wildman–Crippen MR) is 81.4 cm³/mol. The van der Waals surface area contributed by atoms with Crippen molar-refractivity contribution in [3.05, 3.63) is 11.1 Å². The van der Waals surface area contributed by atoms with E-state index in [1.54, 1.807) is 20.8 Å². The van der Waals surface area contributed by atoms with Crippen LogP contribution < -0.4 is 10.6 Å². The van der Waals surface area contributed by atoms with Gasteiger partial charge in [-0.3, -0.25) is 9.59 Å². The Morgan fingerprint density at radius 3 is 2.81 bits per heavy atom. The zero-order valence-corrected chi connectivity index (χ0v) is 13.4. The molecule has 0 radical (unpaired) electrons. The molecule has 6 nitrogen and oxygen atoms in total. The Bertz CT molecular complexity index is 523. The minimum atomic E-state index is -0.789. The molecule has 2 N–H and O–H groups in total. The first kappa shape index (κ1) is 15.8. The average molecular weight is 311 g/mol. The van der Waals surface area contributed by atoms with Gasteiger partial charge in [0.05, 0.1) is 18.8 Å². The number of amides is 1. The molecular weight excluding hydrogens is 290 g/mol. The van der Waals surface area contributed by atoms with Gasteiger partial charge in [0.2, 0.25) is 5.91 Å². The Morgan fingerprint density at radius 2 is 2.19 bits per heavy atom. The Morgan fingerprint density at radius 1 is 1.48 bits per heavy atom. The monoisotopic (exact) mass is 311 g/mol. The number of anilines is 1. The van der Waals surface area contributed by atoms with Crippen molar-refractivity contribution < 1.29 is 14.3 Å². The maximum atomic E-state index is 11.9. The van der Waals surface area contributed by atoms with Gasteiger partial charge < -0.3 is 15.4 Å². The fourth-order valence-electron chi connectivity index (χ4n) is 1.72. The van der Waals surface area contributed by atoms with Crippen molar-refractivity contribution in [2.75, 3.05) is 18.5 Å². The third kappa shape index (κ3) is 4.17. The second kappa shape index (κ2) is 6.43. The zero-order valence-electron chi connectivity index (χ0n) is 12.6. The molecular formula is C14H21N3O3S. The van der Waals surface area contributed by atoms with Crippen LogP contribution in [-0.4, -0.2) is 36.1 Å². The third-order valence-electron chi connectivity index (χ3n) is 3.27. The zero-order chi connectivity index (χ0) is 15.5. The van der Waals surface area contributed by atoms with Crippen LogP contribution in [0, 0.1) is 0 Å². The maximum Gasteiger partial charge on any atom is 0.317 e. The van der Waals surface area contributed by atoms with E-state index in [4.69, 9.17) is 4.74 Å². The lowest BCUT2D eigenvalue weighted by atomic mass is 9.90. The van der Waals surface area contributed by atoms with E-state index in [2.05, 4.69) is 15.6 Å². The van der Waals surface area contributed by atoms with Gasteiger partial charge in [0, 0.05) is 11.4 Å². The van der Waals surface area contributed by atoms with Crippen molar-refractivity contribution >= 4 is 28.3 Å². The molecule has 1 saturated carbocycles. The average Bonchev–Trinajstić information content (AvgIpc) is 3.10. The van der Waals surface area contributed by atoms with Crippen LogP contribution in [0.25, 0.3) is 0 Å². The van der Waals surface area contributed by atoms with Crippen LogP contribution in [0.5, 0.6) is 0 Å². The lowest BCUT2D eigenvalue weighted by Crippen LogP contribution is -2.32. The van der Waals surface area contributed by atoms with E-state index >= 15 is 0 Å². The number of carbonyl (C=O) groups is 2. The van der Waals surface area contributed by atoms with E-state index in [9.17, 15) is 9.59 Å². The number of carbonyl (C=O) groups excluding carboxylic acids is 2. The van der Waals surface area contributed by atoms with Crippen LogP contribution in [0.4, 0.5) is 5.13 Å². The van der Waals surface area contributed by atoms with Gasteiger partial charge in [-0.15, -0.1) is 11.3 Å². The molecule has 1 aliphatic carbocycles. The summed E-state index contributed by atoms with van der Waals surface area (Å²) in [5, 5.41) is 8.33. The standard InChI is InChI=1S/C14H21N3O3S/c1-4-20-12(19)14(2,3)10-8-21-13(17-10)15-7-11(18)16-9-5-6-9/h8-9H,4-7H2,1-3H3,(H,15,17)(H,16,18).